The first kappa shape index (κ1) is 6.85. The molecule has 1 aliphatic heterocycles. The van der Waals surface area contributed by atoms with E-state index in [9.17, 15) is 0 Å². The van der Waals surface area contributed by atoms with Crippen LogP contribution >= 0.6 is 0 Å². The van der Waals surface area contributed by atoms with E-state index in [4.69, 9.17) is 0 Å². The number of hydrogen-bond donors (Lipinski definition) is 1. The van der Waals surface area contributed by atoms with Crippen LogP contribution in [0.4, 0.5) is 0 Å². The number of nitrogens with zero attached hydrogens (tertiary/aromatic N) is 2. The van der Waals surface area contributed by atoms with E-state index in [1.807, 2.05) is 13.2 Å². The monoisotopic (exact) mass is 151 g/mol. The highest BCUT2D eigenvalue weighted by Crippen LogP contribution is 2.12. The highest BCUT2D eigenvalue weighted by atomic mass is 15.1. The van der Waals surface area contributed by atoms with Gasteiger partial charge in [-0.2, -0.15) is 0 Å². The Bertz CT molecular complexity index is 241. The molecule has 1 aromatic heterocycles. The third-order valence-electron chi connectivity index (χ3n) is 2.36. The van der Waals surface area contributed by atoms with Crippen LogP contribution in [0.3, 0.4) is 0 Å². The molecule has 1 aliphatic rings. The van der Waals surface area contributed by atoms with Crippen LogP contribution in [0, 0.1) is 0 Å². The number of rotatable bonds is 1. The zero-order valence-corrected chi connectivity index (χ0v) is 6.75. The highest BCUT2D eigenvalue weighted by Gasteiger charge is 2.16. The summed E-state index contributed by atoms with van der Waals surface area (Å²) < 4.78 is 2.23. The summed E-state index contributed by atoms with van der Waals surface area (Å²) >= 11 is 0. The quantitative estimate of drug-likeness (QED) is 0.630. The Morgan fingerprint density at radius 1 is 1.73 bits per heavy atom. The van der Waals surface area contributed by atoms with E-state index in [2.05, 4.69) is 21.1 Å². The topological polar surface area (TPSA) is 29.9 Å². The third-order valence-corrected chi connectivity index (χ3v) is 2.36. The van der Waals surface area contributed by atoms with E-state index >= 15 is 0 Å². The molecule has 3 heteroatoms. The molecule has 1 aromatic rings. The molecule has 0 bridgehead atoms. The van der Waals surface area contributed by atoms with Gasteiger partial charge in [0.1, 0.15) is 5.82 Å². The van der Waals surface area contributed by atoms with Gasteiger partial charge in [-0.15, -0.1) is 0 Å². The van der Waals surface area contributed by atoms with Crippen molar-refractivity contribution in [3.05, 3.63) is 18.2 Å². The van der Waals surface area contributed by atoms with Crippen LogP contribution in [0.2, 0.25) is 0 Å². The molecule has 0 amide bonds. The first-order chi connectivity index (χ1) is 5.40. The first-order valence-corrected chi connectivity index (χ1v) is 4.07. The predicted molar refractivity (Wildman–Crippen MR) is 43.4 cm³/mol. The summed E-state index contributed by atoms with van der Waals surface area (Å²) in [5.41, 5.74) is 0. The summed E-state index contributed by atoms with van der Waals surface area (Å²) in [6, 6.07) is 0.630. The van der Waals surface area contributed by atoms with E-state index in [1.54, 1.807) is 0 Å². The number of imidazole rings is 1. The molecule has 2 heterocycles. The lowest BCUT2D eigenvalue weighted by molar-refractivity contribution is 0.416. The van der Waals surface area contributed by atoms with Crippen molar-refractivity contribution in [2.45, 2.75) is 25.4 Å². The predicted octanol–water partition coefficient (Wildman–Crippen LogP) is 0.417. The van der Waals surface area contributed by atoms with Gasteiger partial charge in [-0.3, -0.25) is 0 Å². The van der Waals surface area contributed by atoms with Crippen LogP contribution in [-0.4, -0.2) is 22.6 Å². The van der Waals surface area contributed by atoms with E-state index < -0.39 is 0 Å². The molecule has 1 N–H and O–H groups in total. The second-order valence-corrected chi connectivity index (χ2v) is 3.02. The molecular formula is C8H13N3. The number of fused-ring (bicyclic) bond motifs is 1. The van der Waals surface area contributed by atoms with Gasteiger partial charge in [-0.1, -0.05) is 0 Å². The van der Waals surface area contributed by atoms with Crippen LogP contribution in [0.5, 0.6) is 0 Å². The Morgan fingerprint density at radius 2 is 2.64 bits per heavy atom. The summed E-state index contributed by atoms with van der Waals surface area (Å²) in [7, 11) is 2.02. The molecule has 3 nitrogen and oxygen atoms in total. The molecule has 11 heavy (non-hydrogen) atoms. The van der Waals surface area contributed by atoms with Crippen molar-refractivity contribution >= 4 is 0 Å². The molecule has 0 radical (unpaired) electrons. The van der Waals surface area contributed by atoms with Crippen molar-refractivity contribution in [3.63, 3.8) is 0 Å². The van der Waals surface area contributed by atoms with Crippen molar-refractivity contribution < 1.29 is 0 Å². The zero-order chi connectivity index (χ0) is 7.68. The zero-order valence-electron chi connectivity index (χ0n) is 6.75. The van der Waals surface area contributed by atoms with Gasteiger partial charge >= 0.3 is 0 Å². The highest BCUT2D eigenvalue weighted by molar-refractivity contribution is 4.98. The Labute approximate surface area is 66.4 Å². The molecule has 0 fully saturated rings. The smallest absolute Gasteiger partial charge is 0.110 e. The fraction of sp³-hybridized carbons (Fsp3) is 0.625. The molecule has 0 aromatic carbocycles. The second kappa shape index (κ2) is 2.66. The number of aromatic nitrogens is 2. The molecule has 0 unspecified atom stereocenters. The average molecular weight is 151 g/mol. The maximum absolute atomic E-state index is 4.28. The van der Waals surface area contributed by atoms with Gasteiger partial charge in [0.25, 0.3) is 0 Å². The van der Waals surface area contributed by atoms with Gasteiger partial charge in [0.05, 0.1) is 0 Å². The normalized spacial score (nSPS) is 23.2. The molecule has 1 atom stereocenters. The first-order valence-electron chi connectivity index (χ1n) is 4.07. The van der Waals surface area contributed by atoms with E-state index in [0.29, 0.717) is 6.04 Å². The number of aryl methyl sites for hydroxylation is 1. The largest absolute Gasteiger partial charge is 0.335 e. The maximum Gasteiger partial charge on any atom is 0.110 e. The number of hydrogen-bond acceptors (Lipinski definition) is 2. The molecule has 60 valence electrons. The SMILES string of the molecule is CN[C@@H]1CCn2ccnc2C1. The van der Waals surface area contributed by atoms with Crippen LogP contribution in [0.15, 0.2) is 12.4 Å². The van der Waals surface area contributed by atoms with E-state index in [0.717, 1.165) is 13.0 Å². The molecule has 0 spiro atoms. The number of likely N-dealkylation sites (N-methyl/N-ethyl adjacent to an activating group) is 1. The Morgan fingerprint density at radius 3 is 3.45 bits per heavy atom. The maximum atomic E-state index is 4.28. The Balaban J connectivity index is 2.18. The van der Waals surface area contributed by atoms with Crippen LogP contribution in [0.1, 0.15) is 12.2 Å². The average Bonchev–Trinajstić information content (AvgIpc) is 2.50. The van der Waals surface area contributed by atoms with Crippen molar-refractivity contribution in [1.82, 2.24) is 14.9 Å². The lowest BCUT2D eigenvalue weighted by Crippen LogP contribution is -2.33. The molecule has 2 rings (SSSR count). The van der Waals surface area contributed by atoms with Gasteiger partial charge in [0.2, 0.25) is 0 Å². The van der Waals surface area contributed by atoms with Crippen LogP contribution < -0.4 is 5.32 Å². The van der Waals surface area contributed by atoms with Crippen molar-refractivity contribution in [2.24, 2.45) is 0 Å². The molecule has 0 saturated carbocycles. The van der Waals surface area contributed by atoms with Gasteiger partial charge < -0.3 is 9.88 Å². The number of nitrogens with one attached hydrogen (secondary N) is 1. The summed E-state index contributed by atoms with van der Waals surface area (Å²) in [4.78, 5) is 4.28. The minimum atomic E-state index is 0.630. The fourth-order valence-electron chi connectivity index (χ4n) is 1.60. The Kier molecular flexibility index (Phi) is 1.66. The second-order valence-electron chi connectivity index (χ2n) is 3.02. The third kappa shape index (κ3) is 1.16. The Hall–Kier alpha value is -0.830. The van der Waals surface area contributed by atoms with Crippen LogP contribution in [-0.2, 0) is 13.0 Å². The summed E-state index contributed by atoms with van der Waals surface area (Å²) in [5, 5.41) is 3.28. The van der Waals surface area contributed by atoms with Gasteiger partial charge in [-0.25, -0.2) is 4.98 Å². The molecular weight excluding hydrogens is 138 g/mol. The van der Waals surface area contributed by atoms with Gasteiger partial charge in [0.15, 0.2) is 0 Å². The van der Waals surface area contributed by atoms with Crippen molar-refractivity contribution in [3.8, 4) is 0 Å². The summed E-state index contributed by atoms with van der Waals surface area (Å²) in [6.07, 6.45) is 6.23. The minimum Gasteiger partial charge on any atom is -0.335 e. The van der Waals surface area contributed by atoms with E-state index in [1.165, 1.54) is 12.2 Å². The van der Waals surface area contributed by atoms with Gasteiger partial charge in [0, 0.05) is 31.4 Å². The van der Waals surface area contributed by atoms with Crippen molar-refractivity contribution in [2.75, 3.05) is 7.05 Å². The molecule has 0 saturated heterocycles. The van der Waals surface area contributed by atoms with E-state index in [-0.39, 0.29) is 0 Å². The summed E-state index contributed by atoms with van der Waals surface area (Å²) in [5.74, 6) is 1.22. The lowest BCUT2D eigenvalue weighted by atomic mass is 10.1. The lowest BCUT2D eigenvalue weighted by Gasteiger charge is -2.22. The minimum absolute atomic E-state index is 0.630. The van der Waals surface area contributed by atoms with Gasteiger partial charge in [-0.05, 0) is 13.5 Å². The standard InChI is InChI=1S/C8H13N3/c1-9-7-2-4-11-5-3-10-8(11)6-7/h3,5,7,9H,2,4,6H2,1H3/t7-/m1/s1. The molecule has 0 aliphatic carbocycles. The van der Waals surface area contributed by atoms with Crippen LogP contribution in [0.25, 0.3) is 0 Å². The fourth-order valence-corrected chi connectivity index (χ4v) is 1.60. The summed E-state index contributed by atoms with van der Waals surface area (Å²) in [6.45, 7) is 1.11. The van der Waals surface area contributed by atoms with Crippen molar-refractivity contribution in [1.29, 1.82) is 0 Å².